The molecule has 2 atom stereocenters. The molecule has 0 heterocycles. The number of hydrogen-bond acceptors (Lipinski definition) is 3. The van der Waals surface area contributed by atoms with Crippen molar-refractivity contribution in [1.29, 1.82) is 0 Å². The quantitative estimate of drug-likeness (QED) is 0.597. The third kappa shape index (κ3) is 3.87. The number of nitrogens with one attached hydrogen (secondary N) is 1. The fraction of sp³-hybridized carbons (Fsp3) is 0.800. The zero-order valence-electron chi connectivity index (χ0n) is 9.54. The summed E-state index contributed by atoms with van der Waals surface area (Å²) in [7, 11) is 0. The highest BCUT2D eigenvalue weighted by molar-refractivity contribution is 5.82. The van der Waals surface area contributed by atoms with Gasteiger partial charge in [0.1, 0.15) is 0 Å². The summed E-state index contributed by atoms with van der Waals surface area (Å²) in [5.74, 6) is -1.20. The molecule has 5 heteroatoms. The molecule has 0 aliphatic heterocycles. The molecule has 0 aromatic rings. The Kier molecular flexibility index (Phi) is 5.28. The van der Waals surface area contributed by atoms with E-state index >= 15 is 0 Å². The minimum absolute atomic E-state index is 0.116. The first-order valence-electron chi connectivity index (χ1n) is 5.14. The lowest BCUT2D eigenvalue weighted by atomic mass is 9.87. The van der Waals surface area contributed by atoms with Gasteiger partial charge in [-0.15, -0.1) is 0 Å². The van der Waals surface area contributed by atoms with Gasteiger partial charge < -0.3 is 16.2 Å². The molecule has 0 fully saturated rings. The number of aliphatic carboxylic acids is 1. The predicted octanol–water partition coefficient (Wildman–Crippen LogP) is 0.341. The van der Waals surface area contributed by atoms with Crippen LogP contribution in [0.5, 0.6) is 0 Å². The number of carboxylic acids is 1. The normalized spacial score (nSPS) is 16.5. The Balaban J connectivity index is 4.24. The van der Waals surface area contributed by atoms with Crippen molar-refractivity contribution in [3.05, 3.63) is 0 Å². The largest absolute Gasteiger partial charge is 0.481 e. The zero-order chi connectivity index (χ0) is 12.1. The Morgan fingerprint density at radius 1 is 1.47 bits per heavy atom. The molecular weight excluding hydrogens is 196 g/mol. The van der Waals surface area contributed by atoms with Crippen LogP contribution in [0.1, 0.15) is 33.6 Å². The van der Waals surface area contributed by atoms with Gasteiger partial charge in [0.25, 0.3) is 0 Å². The first-order valence-corrected chi connectivity index (χ1v) is 5.14. The van der Waals surface area contributed by atoms with Crippen molar-refractivity contribution in [3.63, 3.8) is 0 Å². The summed E-state index contributed by atoms with van der Waals surface area (Å²) >= 11 is 0. The summed E-state index contributed by atoms with van der Waals surface area (Å²) in [4.78, 5) is 22.3. The summed E-state index contributed by atoms with van der Waals surface area (Å²) in [6.07, 6.45) is 1.01. The van der Waals surface area contributed by atoms with Crippen LogP contribution in [-0.2, 0) is 9.59 Å². The minimum atomic E-state index is -0.914. The van der Waals surface area contributed by atoms with E-state index in [-0.39, 0.29) is 12.5 Å². The number of carbonyl (C=O) groups is 2. The predicted molar refractivity (Wildman–Crippen MR) is 57.3 cm³/mol. The maximum atomic E-state index is 11.3. The number of nitrogens with two attached hydrogens (primary N) is 1. The molecule has 4 N–H and O–H groups in total. The van der Waals surface area contributed by atoms with Crippen LogP contribution in [-0.4, -0.2) is 29.6 Å². The van der Waals surface area contributed by atoms with E-state index in [1.165, 1.54) is 0 Å². The van der Waals surface area contributed by atoms with Crippen molar-refractivity contribution in [2.75, 3.05) is 6.54 Å². The molecule has 88 valence electrons. The van der Waals surface area contributed by atoms with Gasteiger partial charge in [-0.25, -0.2) is 0 Å². The van der Waals surface area contributed by atoms with Gasteiger partial charge in [-0.1, -0.05) is 13.8 Å². The molecule has 2 unspecified atom stereocenters. The van der Waals surface area contributed by atoms with E-state index in [4.69, 9.17) is 10.8 Å². The Morgan fingerprint density at radius 3 is 2.33 bits per heavy atom. The van der Waals surface area contributed by atoms with E-state index in [1.807, 2.05) is 0 Å². The molecule has 0 aliphatic carbocycles. The van der Waals surface area contributed by atoms with Crippen LogP contribution in [0.4, 0.5) is 0 Å². The van der Waals surface area contributed by atoms with E-state index in [1.54, 1.807) is 20.8 Å². The molecule has 5 nitrogen and oxygen atoms in total. The highest BCUT2D eigenvalue weighted by atomic mass is 16.4. The molecular formula is C10H20N2O3. The van der Waals surface area contributed by atoms with E-state index in [2.05, 4.69) is 5.32 Å². The van der Waals surface area contributed by atoms with Crippen LogP contribution in [0.3, 0.4) is 0 Å². The third-order valence-electron chi connectivity index (χ3n) is 2.73. The molecule has 0 rings (SSSR count). The van der Waals surface area contributed by atoms with Gasteiger partial charge in [0.15, 0.2) is 0 Å². The minimum Gasteiger partial charge on any atom is -0.481 e. The van der Waals surface area contributed by atoms with Crippen LogP contribution >= 0.6 is 0 Å². The van der Waals surface area contributed by atoms with E-state index in [0.717, 1.165) is 0 Å². The fourth-order valence-corrected chi connectivity index (χ4v) is 0.951. The molecule has 15 heavy (non-hydrogen) atoms. The summed E-state index contributed by atoms with van der Waals surface area (Å²) in [6.45, 7) is 5.30. The van der Waals surface area contributed by atoms with E-state index in [0.29, 0.717) is 12.8 Å². The summed E-state index contributed by atoms with van der Waals surface area (Å²) in [5.41, 5.74) is 4.59. The van der Waals surface area contributed by atoms with Crippen molar-refractivity contribution >= 4 is 11.9 Å². The number of carbonyl (C=O) groups excluding carboxylic acids is 1. The fourth-order valence-electron chi connectivity index (χ4n) is 0.951. The van der Waals surface area contributed by atoms with Gasteiger partial charge in [-0.05, 0) is 19.8 Å². The Labute approximate surface area is 90.0 Å². The number of hydrogen-bond donors (Lipinski definition) is 3. The van der Waals surface area contributed by atoms with Gasteiger partial charge in [-0.3, -0.25) is 9.59 Å². The molecule has 0 saturated carbocycles. The lowest BCUT2D eigenvalue weighted by Gasteiger charge is -2.24. The van der Waals surface area contributed by atoms with E-state index < -0.39 is 17.4 Å². The second-order valence-electron chi connectivity index (χ2n) is 3.95. The first-order chi connectivity index (χ1) is 6.87. The third-order valence-corrected chi connectivity index (χ3v) is 2.73. The van der Waals surface area contributed by atoms with Gasteiger partial charge in [-0.2, -0.15) is 0 Å². The Bertz CT molecular complexity index is 243. The van der Waals surface area contributed by atoms with Crippen molar-refractivity contribution in [2.45, 2.75) is 39.7 Å². The molecule has 0 aromatic carbocycles. The maximum absolute atomic E-state index is 11.3. The van der Waals surface area contributed by atoms with Gasteiger partial charge in [0.2, 0.25) is 5.91 Å². The topological polar surface area (TPSA) is 92.4 Å². The van der Waals surface area contributed by atoms with Gasteiger partial charge >= 0.3 is 5.97 Å². The van der Waals surface area contributed by atoms with Crippen LogP contribution in [0.15, 0.2) is 0 Å². The standard InChI is InChI=1S/C10H20N2O3/c1-4-7(11)8(13)12-6-10(3,5-2)9(14)15/h7H,4-6,11H2,1-3H3,(H,12,13)(H,14,15). The molecule has 0 aliphatic rings. The lowest BCUT2D eigenvalue weighted by Crippen LogP contribution is -2.46. The summed E-state index contributed by atoms with van der Waals surface area (Å²) in [6, 6.07) is -0.556. The van der Waals surface area contributed by atoms with Crippen LogP contribution < -0.4 is 11.1 Å². The van der Waals surface area contributed by atoms with Crippen molar-refractivity contribution in [2.24, 2.45) is 11.1 Å². The van der Waals surface area contributed by atoms with Gasteiger partial charge in [0.05, 0.1) is 11.5 Å². The Hall–Kier alpha value is -1.10. The Morgan fingerprint density at radius 2 is 2.00 bits per heavy atom. The monoisotopic (exact) mass is 216 g/mol. The van der Waals surface area contributed by atoms with Crippen molar-refractivity contribution in [1.82, 2.24) is 5.32 Å². The zero-order valence-corrected chi connectivity index (χ0v) is 9.54. The summed E-state index contributed by atoms with van der Waals surface area (Å²) in [5, 5.41) is 11.5. The second-order valence-corrected chi connectivity index (χ2v) is 3.95. The molecule has 0 aromatic heterocycles. The average Bonchev–Trinajstić information content (AvgIpc) is 2.23. The van der Waals surface area contributed by atoms with Crippen LogP contribution in [0, 0.1) is 5.41 Å². The smallest absolute Gasteiger partial charge is 0.311 e. The van der Waals surface area contributed by atoms with Gasteiger partial charge in [0, 0.05) is 6.54 Å². The highest BCUT2D eigenvalue weighted by Crippen LogP contribution is 2.19. The highest BCUT2D eigenvalue weighted by Gasteiger charge is 2.31. The van der Waals surface area contributed by atoms with Crippen molar-refractivity contribution < 1.29 is 14.7 Å². The first kappa shape index (κ1) is 13.9. The second kappa shape index (κ2) is 5.70. The van der Waals surface area contributed by atoms with Crippen molar-refractivity contribution in [3.8, 4) is 0 Å². The molecule has 0 saturated heterocycles. The SMILES string of the molecule is CCC(N)C(=O)NCC(C)(CC)C(=O)O. The summed E-state index contributed by atoms with van der Waals surface area (Å²) < 4.78 is 0. The maximum Gasteiger partial charge on any atom is 0.311 e. The average molecular weight is 216 g/mol. The van der Waals surface area contributed by atoms with Crippen LogP contribution in [0.2, 0.25) is 0 Å². The number of carboxylic acid groups (broad SMARTS) is 1. The molecule has 0 bridgehead atoms. The lowest BCUT2D eigenvalue weighted by molar-refractivity contribution is -0.148. The van der Waals surface area contributed by atoms with E-state index in [9.17, 15) is 9.59 Å². The molecule has 0 spiro atoms. The van der Waals surface area contributed by atoms with Crippen LogP contribution in [0.25, 0.3) is 0 Å². The number of amides is 1. The molecule has 1 amide bonds. The molecule has 0 radical (unpaired) electrons. The number of rotatable bonds is 6.